The molecule has 1 heterocycles. The van der Waals surface area contributed by atoms with Crippen LogP contribution in [0.25, 0.3) is 0 Å². The van der Waals surface area contributed by atoms with Crippen molar-refractivity contribution in [2.45, 2.75) is 19.1 Å². The van der Waals surface area contributed by atoms with Crippen LogP contribution in [0.3, 0.4) is 0 Å². The van der Waals surface area contributed by atoms with E-state index in [0.29, 0.717) is 17.9 Å². The van der Waals surface area contributed by atoms with Crippen LogP contribution >= 0.6 is 0 Å². The smallest absolute Gasteiger partial charge is 0.319 e. The molecule has 5 heteroatoms. The number of halogens is 3. The zero-order valence-corrected chi connectivity index (χ0v) is 7.69. The Hall–Kier alpha value is -0.290. The minimum absolute atomic E-state index is 0.139. The number of piperidine rings is 1. The summed E-state index contributed by atoms with van der Waals surface area (Å²) in [7, 11) is 1.77. The highest BCUT2D eigenvalue weighted by molar-refractivity contribution is 4.75. The standard InChI is InChI=1S/C8H15F3N2/c1-12-5-7-3-2-4-13(6-7)8(9,10)11/h7,12H,2-6H2,1H3. The molecule has 13 heavy (non-hydrogen) atoms. The quantitative estimate of drug-likeness (QED) is 0.672. The van der Waals surface area contributed by atoms with Gasteiger partial charge in [0.05, 0.1) is 0 Å². The lowest BCUT2D eigenvalue weighted by atomic mass is 9.98. The van der Waals surface area contributed by atoms with E-state index in [1.807, 2.05) is 0 Å². The number of rotatable bonds is 2. The maximum Gasteiger partial charge on any atom is 0.459 e. The predicted molar refractivity (Wildman–Crippen MR) is 44.3 cm³/mol. The fourth-order valence-corrected chi connectivity index (χ4v) is 1.75. The van der Waals surface area contributed by atoms with Gasteiger partial charge in [-0.15, -0.1) is 0 Å². The van der Waals surface area contributed by atoms with E-state index >= 15 is 0 Å². The van der Waals surface area contributed by atoms with Crippen LogP contribution in [0.2, 0.25) is 0 Å². The van der Waals surface area contributed by atoms with Crippen LogP contribution < -0.4 is 5.32 Å². The van der Waals surface area contributed by atoms with Crippen molar-refractivity contribution in [2.24, 2.45) is 5.92 Å². The summed E-state index contributed by atoms with van der Waals surface area (Å²) in [5.74, 6) is 0.139. The van der Waals surface area contributed by atoms with Gasteiger partial charge in [0.1, 0.15) is 0 Å². The van der Waals surface area contributed by atoms with Gasteiger partial charge in [-0.2, -0.15) is 13.2 Å². The third-order valence-electron chi connectivity index (χ3n) is 2.37. The number of nitrogens with one attached hydrogen (secondary N) is 1. The molecule has 0 aromatic carbocycles. The maximum absolute atomic E-state index is 12.3. The molecule has 0 spiro atoms. The minimum Gasteiger partial charge on any atom is -0.319 e. The number of likely N-dealkylation sites (tertiary alicyclic amines) is 1. The fourth-order valence-electron chi connectivity index (χ4n) is 1.75. The van der Waals surface area contributed by atoms with Gasteiger partial charge in [-0.05, 0) is 32.4 Å². The molecule has 1 aliphatic heterocycles. The molecule has 1 N–H and O–H groups in total. The Kier molecular flexibility index (Phi) is 3.55. The van der Waals surface area contributed by atoms with Crippen LogP contribution in [-0.4, -0.2) is 37.9 Å². The van der Waals surface area contributed by atoms with Crippen molar-refractivity contribution < 1.29 is 13.2 Å². The summed E-state index contributed by atoms with van der Waals surface area (Å²) < 4.78 is 36.8. The molecule has 2 nitrogen and oxygen atoms in total. The van der Waals surface area contributed by atoms with Crippen molar-refractivity contribution >= 4 is 0 Å². The van der Waals surface area contributed by atoms with Gasteiger partial charge >= 0.3 is 6.30 Å². The minimum atomic E-state index is -4.15. The monoisotopic (exact) mass is 196 g/mol. The second-order valence-corrected chi connectivity index (χ2v) is 3.48. The van der Waals surface area contributed by atoms with Gasteiger partial charge in [-0.1, -0.05) is 0 Å². The van der Waals surface area contributed by atoms with Crippen LogP contribution in [0.4, 0.5) is 13.2 Å². The second-order valence-electron chi connectivity index (χ2n) is 3.48. The number of alkyl halides is 3. The Morgan fingerprint density at radius 2 is 2.15 bits per heavy atom. The third kappa shape index (κ3) is 3.15. The molecule has 0 aromatic heterocycles. The zero-order valence-electron chi connectivity index (χ0n) is 7.69. The molecule has 1 aliphatic rings. The molecule has 0 amide bonds. The summed E-state index contributed by atoms with van der Waals surface area (Å²) in [6.07, 6.45) is -2.61. The van der Waals surface area contributed by atoms with Crippen LogP contribution in [0.1, 0.15) is 12.8 Å². The van der Waals surface area contributed by atoms with Gasteiger partial charge in [-0.3, -0.25) is 0 Å². The van der Waals surface area contributed by atoms with Gasteiger partial charge in [0.15, 0.2) is 0 Å². The van der Waals surface area contributed by atoms with Crippen LogP contribution in [0, 0.1) is 5.92 Å². The molecule has 78 valence electrons. The molecule has 0 saturated carbocycles. The van der Waals surface area contributed by atoms with Crippen molar-refractivity contribution in [1.82, 2.24) is 10.2 Å². The van der Waals surface area contributed by atoms with Crippen molar-refractivity contribution in [1.29, 1.82) is 0 Å². The van der Waals surface area contributed by atoms with Crippen LogP contribution in [-0.2, 0) is 0 Å². The van der Waals surface area contributed by atoms with Crippen LogP contribution in [0.15, 0.2) is 0 Å². The highest BCUT2D eigenvalue weighted by Gasteiger charge is 2.39. The number of nitrogens with zero attached hydrogens (tertiary/aromatic N) is 1. The van der Waals surface area contributed by atoms with Gasteiger partial charge in [0, 0.05) is 13.1 Å². The lowest BCUT2D eigenvalue weighted by Crippen LogP contribution is -2.46. The topological polar surface area (TPSA) is 15.3 Å². The Morgan fingerprint density at radius 1 is 1.46 bits per heavy atom. The number of hydrogen-bond donors (Lipinski definition) is 1. The summed E-state index contributed by atoms with van der Waals surface area (Å²) in [6.45, 7) is 0.973. The Bertz CT molecular complexity index is 156. The molecule has 1 atom stereocenters. The first-order valence-electron chi connectivity index (χ1n) is 4.50. The van der Waals surface area contributed by atoms with E-state index < -0.39 is 6.30 Å². The second kappa shape index (κ2) is 4.28. The van der Waals surface area contributed by atoms with E-state index in [-0.39, 0.29) is 19.0 Å². The Labute approximate surface area is 76.1 Å². The van der Waals surface area contributed by atoms with Gasteiger partial charge in [0.25, 0.3) is 0 Å². The Balaban J connectivity index is 2.42. The summed E-state index contributed by atoms with van der Waals surface area (Å²) in [4.78, 5) is 0.610. The van der Waals surface area contributed by atoms with Gasteiger partial charge in [-0.25, -0.2) is 4.90 Å². The highest BCUT2D eigenvalue weighted by Crippen LogP contribution is 2.27. The first-order chi connectivity index (χ1) is 6.04. The fraction of sp³-hybridized carbons (Fsp3) is 1.00. The van der Waals surface area contributed by atoms with E-state index in [2.05, 4.69) is 5.32 Å². The lowest BCUT2D eigenvalue weighted by molar-refractivity contribution is -0.253. The molecule has 0 aromatic rings. The van der Waals surface area contributed by atoms with E-state index in [0.717, 1.165) is 6.42 Å². The lowest BCUT2D eigenvalue weighted by Gasteiger charge is -2.33. The first kappa shape index (κ1) is 10.8. The van der Waals surface area contributed by atoms with Crippen LogP contribution in [0.5, 0.6) is 0 Å². The van der Waals surface area contributed by atoms with Gasteiger partial charge in [0.2, 0.25) is 0 Å². The summed E-state index contributed by atoms with van der Waals surface area (Å²) in [6, 6.07) is 0. The summed E-state index contributed by atoms with van der Waals surface area (Å²) >= 11 is 0. The summed E-state index contributed by atoms with van der Waals surface area (Å²) in [5.41, 5.74) is 0. The molecule has 0 bridgehead atoms. The molecule has 1 saturated heterocycles. The van der Waals surface area contributed by atoms with E-state index in [4.69, 9.17) is 0 Å². The molecular formula is C8H15F3N2. The average Bonchev–Trinajstić information content (AvgIpc) is 2.04. The molecular weight excluding hydrogens is 181 g/mol. The predicted octanol–water partition coefficient (Wildman–Crippen LogP) is 1.44. The van der Waals surface area contributed by atoms with E-state index in [9.17, 15) is 13.2 Å². The Morgan fingerprint density at radius 3 is 2.69 bits per heavy atom. The molecule has 1 fully saturated rings. The summed E-state index contributed by atoms with van der Waals surface area (Å²) in [5, 5.41) is 2.92. The normalized spacial score (nSPS) is 26.3. The van der Waals surface area contributed by atoms with Crippen molar-refractivity contribution in [3.63, 3.8) is 0 Å². The SMILES string of the molecule is CNCC1CCCN(C(F)(F)F)C1. The molecule has 1 rings (SSSR count). The molecule has 0 radical (unpaired) electrons. The first-order valence-corrected chi connectivity index (χ1v) is 4.50. The molecule has 1 unspecified atom stereocenters. The van der Waals surface area contributed by atoms with Gasteiger partial charge < -0.3 is 5.32 Å². The van der Waals surface area contributed by atoms with Crippen molar-refractivity contribution in [2.75, 3.05) is 26.7 Å². The highest BCUT2D eigenvalue weighted by atomic mass is 19.4. The zero-order chi connectivity index (χ0) is 9.90. The van der Waals surface area contributed by atoms with E-state index in [1.165, 1.54) is 0 Å². The van der Waals surface area contributed by atoms with E-state index in [1.54, 1.807) is 7.05 Å². The van der Waals surface area contributed by atoms with Crippen molar-refractivity contribution in [3.05, 3.63) is 0 Å². The maximum atomic E-state index is 12.3. The average molecular weight is 196 g/mol. The largest absolute Gasteiger partial charge is 0.459 e. The van der Waals surface area contributed by atoms with Crippen molar-refractivity contribution in [3.8, 4) is 0 Å². The third-order valence-corrected chi connectivity index (χ3v) is 2.37. The number of hydrogen-bond acceptors (Lipinski definition) is 2. The molecule has 0 aliphatic carbocycles.